The Morgan fingerprint density at radius 2 is 2.11 bits per heavy atom. The predicted octanol–water partition coefficient (Wildman–Crippen LogP) is 5.00. The quantitative estimate of drug-likeness (QED) is 0.756. The van der Waals surface area contributed by atoms with E-state index in [2.05, 4.69) is 15.9 Å². The van der Waals surface area contributed by atoms with Crippen molar-refractivity contribution in [1.29, 1.82) is 0 Å². The molecule has 1 aromatic carbocycles. The van der Waals surface area contributed by atoms with Gasteiger partial charge in [-0.05, 0) is 46.4 Å². The van der Waals surface area contributed by atoms with Gasteiger partial charge in [-0.2, -0.15) is 0 Å². The van der Waals surface area contributed by atoms with Crippen LogP contribution < -0.4 is 0 Å². The smallest absolute Gasteiger partial charge is 0.255 e. The van der Waals surface area contributed by atoms with E-state index in [0.29, 0.717) is 10.6 Å². The van der Waals surface area contributed by atoms with Crippen LogP contribution in [0.3, 0.4) is 0 Å². The van der Waals surface area contributed by atoms with Crippen molar-refractivity contribution in [1.82, 2.24) is 4.90 Å². The van der Waals surface area contributed by atoms with Crippen LogP contribution >= 0.6 is 38.9 Å². The van der Waals surface area contributed by atoms with E-state index in [1.807, 2.05) is 36.6 Å². The van der Waals surface area contributed by atoms with Crippen LogP contribution in [0.5, 0.6) is 0 Å². The van der Waals surface area contributed by atoms with E-state index in [9.17, 15) is 4.79 Å². The Bertz CT molecular complexity index is 585. The van der Waals surface area contributed by atoms with Gasteiger partial charge in [0.1, 0.15) is 0 Å². The molecule has 19 heavy (non-hydrogen) atoms. The summed E-state index contributed by atoms with van der Waals surface area (Å²) < 4.78 is 0.734. The number of amides is 1. The van der Waals surface area contributed by atoms with Gasteiger partial charge in [0, 0.05) is 16.4 Å². The second-order valence-corrected chi connectivity index (χ2v) is 6.42. The molecule has 0 saturated heterocycles. The molecule has 0 aliphatic rings. The first-order valence-corrected chi connectivity index (χ1v) is 7.82. The van der Waals surface area contributed by atoms with E-state index in [1.54, 1.807) is 29.4 Å². The molecule has 0 N–H and O–H groups in total. The standard InChI is InChI=1S/C14H13BrClNOS/c1-9(12-7-4-8-19-12)17(2)14(18)10-5-3-6-11(15)13(10)16/h3-9H,1-2H3. The lowest BCUT2D eigenvalue weighted by molar-refractivity contribution is 0.0745. The molecule has 1 unspecified atom stereocenters. The minimum atomic E-state index is -0.0767. The average molecular weight is 359 g/mol. The molecule has 100 valence electrons. The second kappa shape index (κ2) is 6.07. The second-order valence-electron chi connectivity index (χ2n) is 4.21. The molecule has 2 rings (SSSR count). The van der Waals surface area contributed by atoms with Crippen LogP contribution in [0.25, 0.3) is 0 Å². The third-order valence-electron chi connectivity index (χ3n) is 3.04. The van der Waals surface area contributed by atoms with Gasteiger partial charge in [-0.25, -0.2) is 0 Å². The summed E-state index contributed by atoms with van der Waals surface area (Å²) in [7, 11) is 1.80. The highest BCUT2D eigenvalue weighted by atomic mass is 79.9. The summed E-state index contributed by atoms with van der Waals surface area (Å²) in [5.41, 5.74) is 0.516. The van der Waals surface area contributed by atoms with Crippen molar-refractivity contribution in [3.05, 3.63) is 55.6 Å². The molecule has 1 aromatic heterocycles. The maximum Gasteiger partial charge on any atom is 0.255 e. The fourth-order valence-corrected chi connectivity index (χ4v) is 3.15. The Morgan fingerprint density at radius 1 is 1.37 bits per heavy atom. The van der Waals surface area contributed by atoms with Gasteiger partial charge in [0.25, 0.3) is 5.91 Å². The van der Waals surface area contributed by atoms with E-state index in [0.717, 1.165) is 9.35 Å². The summed E-state index contributed by atoms with van der Waals surface area (Å²) in [5.74, 6) is -0.0767. The van der Waals surface area contributed by atoms with Crippen molar-refractivity contribution in [3.8, 4) is 0 Å². The molecule has 1 amide bonds. The monoisotopic (exact) mass is 357 g/mol. The van der Waals surface area contributed by atoms with Crippen LogP contribution in [0.15, 0.2) is 40.2 Å². The zero-order valence-corrected chi connectivity index (χ0v) is 13.7. The van der Waals surface area contributed by atoms with E-state index in [-0.39, 0.29) is 11.9 Å². The third kappa shape index (κ3) is 3.02. The largest absolute Gasteiger partial charge is 0.334 e. The lowest BCUT2D eigenvalue weighted by atomic mass is 10.1. The first-order chi connectivity index (χ1) is 9.02. The molecule has 5 heteroatoms. The summed E-state index contributed by atoms with van der Waals surface area (Å²) in [5, 5.41) is 2.47. The molecular formula is C14H13BrClNOS. The summed E-state index contributed by atoms with van der Waals surface area (Å²) in [6.45, 7) is 2.01. The van der Waals surface area contributed by atoms with Crippen molar-refractivity contribution >= 4 is 44.8 Å². The van der Waals surface area contributed by atoms with Crippen molar-refractivity contribution in [2.45, 2.75) is 13.0 Å². The Hall–Kier alpha value is -0.840. The van der Waals surface area contributed by atoms with Gasteiger partial charge in [0.15, 0.2) is 0 Å². The Morgan fingerprint density at radius 3 is 2.74 bits per heavy atom. The molecule has 2 aromatic rings. The van der Waals surface area contributed by atoms with E-state index in [1.165, 1.54) is 0 Å². The van der Waals surface area contributed by atoms with Gasteiger partial charge in [-0.3, -0.25) is 4.79 Å². The summed E-state index contributed by atoms with van der Waals surface area (Å²) >= 11 is 11.2. The number of rotatable bonds is 3. The van der Waals surface area contributed by atoms with Crippen molar-refractivity contribution in [2.75, 3.05) is 7.05 Å². The summed E-state index contributed by atoms with van der Waals surface area (Å²) in [4.78, 5) is 15.3. The van der Waals surface area contributed by atoms with Crippen LogP contribution in [-0.2, 0) is 0 Å². The first kappa shape index (κ1) is 14.6. The highest BCUT2D eigenvalue weighted by Crippen LogP contribution is 2.30. The number of nitrogens with zero attached hydrogens (tertiary/aromatic N) is 1. The normalized spacial score (nSPS) is 12.2. The van der Waals surface area contributed by atoms with Gasteiger partial charge in [0.05, 0.1) is 16.6 Å². The Labute approximate surface area is 130 Å². The molecule has 0 aliphatic carbocycles. The van der Waals surface area contributed by atoms with Crippen molar-refractivity contribution in [2.24, 2.45) is 0 Å². The maximum absolute atomic E-state index is 12.5. The highest BCUT2D eigenvalue weighted by molar-refractivity contribution is 9.10. The van der Waals surface area contributed by atoms with Crippen LogP contribution in [0.1, 0.15) is 28.2 Å². The fraction of sp³-hybridized carbons (Fsp3) is 0.214. The molecule has 0 aliphatic heterocycles. The van der Waals surface area contributed by atoms with Crippen LogP contribution in [0.4, 0.5) is 0 Å². The minimum Gasteiger partial charge on any atom is -0.334 e. The predicted molar refractivity (Wildman–Crippen MR) is 84.0 cm³/mol. The van der Waals surface area contributed by atoms with Crippen molar-refractivity contribution < 1.29 is 4.79 Å². The summed E-state index contributed by atoms with van der Waals surface area (Å²) in [6, 6.07) is 9.42. The zero-order valence-electron chi connectivity index (χ0n) is 10.6. The molecule has 1 atom stereocenters. The highest BCUT2D eigenvalue weighted by Gasteiger charge is 2.22. The topological polar surface area (TPSA) is 20.3 Å². The SMILES string of the molecule is CC(c1cccs1)N(C)C(=O)c1cccc(Br)c1Cl. The number of carbonyl (C=O) groups excluding carboxylic acids is 1. The van der Waals surface area contributed by atoms with Crippen LogP contribution in [0.2, 0.25) is 5.02 Å². The number of thiophene rings is 1. The minimum absolute atomic E-state index is 0.0301. The van der Waals surface area contributed by atoms with Gasteiger partial charge < -0.3 is 4.90 Å². The Kier molecular flexibility index (Phi) is 4.66. The number of carbonyl (C=O) groups is 1. The van der Waals surface area contributed by atoms with E-state index in [4.69, 9.17) is 11.6 Å². The summed E-state index contributed by atoms with van der Waals surface area (Å²) in [6.07, 6.45) is 0. The molecule has 0 fully saturated rings. The van der Waals surface area contributed by atoms with E-state index < -0.39 is 0 Å². The third-order valence-corrected chi connectivity index (χ3v) is 5.38. The molecule has 0 radical (unpaired) electrons. The number of hydrogen-bond acceptors (Lipinski definition) is 2. The van der Waals surface area contributed by atoms with E-state index >= 15 is 0 Å². The average Bonchev–Trinajstić information content (AvgIpc) is 2.93. The van der Waals surface area contributed by atoms with Gasteiger partial charge in [0.2, 0.25) is 0 Å². The first-order valence-electron chi connectivity index (χ1n) is 5.77. The lowest BCUT2D eigenvalue weighted by Crippen LogP contribution is -2.29. The fourth-order valence-electron chi connectivity index (χ4n) is 1.75. The van der Waals surface area contributed by atoms with Gasteiger partial charge in [-0.15, -0.1) is 11.3 Å². The maximum atomic E-state index is 12.5. The molecule has 2 nitrogen and oxygen atoms in total. The Balaban J connectivity index is 2.26. The molecule has 1 heterocycles. The number of hydrogen-bond donors (Lipinski definition) is 0. The molecule has 0 saturated carbocycles. The van der Waals surface area contributed by atoms with Gasteiger partial charge >= 0.3 is 0 Å². The van der Waals surface area contributed by atoms with Crippen LogP contribution in [0, 0.1) is 0 Å². The van der Waals surface area contributed by atoms with Crippen molar-refractivity contribution in [3.63, 3.8) is 0 Å². The number of halogens is 2. The zero-order chi connectivity index (χ0) is 14.0. The van der Waals surface area contributed by atoms with Crippen LogP contribution in [-0.4, -0.2) is 17.9 Å². The lowest BCUT2D eigenvalue weighted by Gasteiger charge is -2.24. The van der Waals surface area contributed by atoms with Gasteiger partial charge in [-0.1, -0.05) is 23.7 Å². The molecular weight excluding hydrogens is 346 g/mol. The molecule has 0 spiro atoms. The number of benzene rings is 1. The molecule has 0 bridgehead atoms.